The van der Waals surface area contributed by atoms with Crippen LogP contribution in [0, 0.1) is 0 Å². The molecule has 1 saturated heterocycles. The lowest BCUT2D eigenvalue weighted by Gasteiger charge is -2.34. The van der Waals surface area contributed by atoms with Crippen LogP contribution in [0.3, 0.4) is 0 Å². The number of ether oxygens (including phenoxy) is 1. The fourth-order valence-corrected chi connectivity index (χ4v) is 2.82. The van der Waals surface area contributed by atoms with E-state index in [4.69, 9.17) is 9.15 Å². The number of rotatable bonds is 6. The predicted molar refractivity (Wildman–Crippen MR) is 93.6 cm³/mol. The molecular formula is C18H24N4O3. The molecule has 134 valence electrons. The third-order valence-electron chi connectivity index (χ3n) is 4.26. The quantitative estimate of drug-likeness (QED) is 0.743. The number of piperazine rings is 1. The molecule has 7 heteroatoms. The topological polar surface area (TPSA) is 71.7 Å². The molecule has 0 radical (unpaired) electrons. The first-order valence-corrected chi connectivity index (χ1v) is 8.73. The number of oxazole rings is 1. The molecule has 3 rings (SSSR count). The van der Waals surface area contributed by atoms with Crippen LogP contribution in [-0.2, 0) is 17.7 Å². The van der Waals surface area contributed by atoms with Crippen molar-refractivity contribution in [3.63, 3.8) is 0 Å². The third kappa shape index (κ3) is 4.36. The number of carbonyl (C=O) groups excluding carboxylic acids is 1. The minimum atomic E-state index is -0.330. The van der Waals surface area contributed by atoms with Gasteiger partial charge in [-0.05, 0) is 19.1 Å². The van der Waals surface area contributed by atoms with Crippen LogP contribution >= 0.6 is 0 Å². The Kier molecular flexibility index (Phi) is 5.65. The zero-order valence-corrected chi connectivity index (χ0v) is 14.8. The van der Waals surface area contributed by atoms with E-state index in [0.717, 1.165) is 56.6 Å². The van der Waals surface area contributed by atoms with Crippen LogP contribution in [0.2, 0.25) is 0 Å². The molecule has 0 N–H and O–H groups in total. The van der Waals surface area contributed by atoms with E-state index < -0.39 is 0 Å². The smallest absolute Gasteiger partial charge is 0.339 e. The monoisotopic (exact) mass is 344 g/mol. The molecule has 3 heterocycles. The molecule has 0 atom stereocenters. The minimum Gasteiger partial charge on any atom is -0.462 e. The Balaban J connectivity index is 1.52. The summed E-state index contributed by atoms with van der Waals surface area (Å²) < 4.78 is 10.7. The highest BCUT2D eigenvalue weighted by Crippen LogP contribution is 2.16. The fourth-order valence-electron chi connectivity index (χ4n) is 2.82. The molecule has 1 aliphatic rings. The Hall–Kier alpha value is -2.41. The van der Waals surface area contributed by atoms with Crippen molar-refractivity contribution in [1.82, 2.24) is 14.9 Å². The van der Waals surface area contributed by atoms with Gasteiger partial charge >= 0.3 is 5.97 Å². The Morgan fingerprint density at radius 3 is 2.56 bits per heavy atom. The number of pyridine rings is 1. The van der Waals surface area contributed by atoms with Crippen molar-refractivity contribution in [2.75, 3.05) is 37.7 Å². The summed E-state index contributed by atoms with van der Waals surface area (Å²) in [6.07, 6.45) is 4.26. The second-order valence-corrected chi connectivity index (χ2v) is 5.96. The summed E-state index contributed by atoms with van der Waals surface area (Å²) in [5.41, 5.74) is 0.486. The molecule has 0 aliphatic carbocycles. The van der Waals surface area contributed by atoms with Crippen molar-refractivity contribution in [2.45, 2.75) is 26.8 Å². The molecule has 7 nitrogen and oxygen atoms in total. The van der Waals surface area contributed by atoms with Crippen LogP contribution in [0.25, 0.3) is 0 Å². The van der Waals surface area contributed by atoms with Crippen molar-refractivity contribution >= 4 is 11.8 Å². The first-order chi connectivity index (χ1) is 12.2. The lowest BCUT2D eigenvalue weighted by molar-refractivity contribution is 0.0526. The van der Waals surface area contributed by atoms with Gasteiger partial charge in [0.2, 0.25) is 5.89 Å². The average Bonchev–Trinajstić information content (AvgIpc) is 3.10. The van der Waals surface area contributed by atoms with E-state index in [0.29, 0.717) is 12.2 Å². The largest absolute Gasteiger partial charge is 0.462 e. The molecule has 0 saturated carbocycles. The maximum atomic E-state index is 11.7. The van der Waals surface area contributed by atoms with Gasteiger partial charge in [0.1, 0.15) is 11.6 Å². The zero-order chi connectivity index (χ0) is 17.6. The molecule has 2 aromatic heterocycles. The van der Waals surface area contributed by atoms with Crippen LogP contribution in [0.15, 0.2) is 28.9 Å². The van der Waals surface area contributed by atoms with Gasteiger partial charge in [-0.1, -0.05) is 6.92 Å². The number of hydrogen-bond acceptors (Lipinski definition) is 7. The summed E-state index contributed by atoms with van der Waals surface area (Å²) >= 11 is 0. The van der Waals surface area contributed by atoms with E-state index in [2.05, 4.69) is 26.7 Å². The standard InChI is InChI=1S/C18H24N4O3/c1-3-15-12-20-17(25-15)13-21-7-9-22(10-8-21)16-6-5-14(11-19-16)18(23)24-4-2/h5-6,11-12H,3-4,7-10,13H2,1-2H3. The highest BCUT2D eigenvalue weighted by atomic mass is 16.5. The number of aryl methyl sites for hydroxylation is 1. The molecule has 0 amide bonds. The van der Waals surface area contributed by atoms with Crippen LogP contribution in [0.1, 0.15) is 35.9 Å². The van der Waals surface area contributed by atoms with Gasteiger partial charge in [-0.25, -0.2) is 14.8 Å². The number of carbonyl (C=O) groups is 1. The van der Waals surface area contributed by atoms with Crippen molar-refractivity contribution in [3.05, 3.63) is 41.7 Å². The molecule has 1 fully saturated rings. The number of esters is 1. The van der Waals surface area contributed by atoms with E-state index >= 15 is 0 Å². The highest BCUT2D eigenvalue weighted by Gasteiger charge is 2.20. The summed E-state index contributed by atoms with van der Waals surface area (Å²) in [5.74, 6) is 2.27. The summed E-state index contributed by atoms with van der Waals surface area (Å²) in [6, 6.07) is 3.65. The van der Waals surface area contributed by atoms with Gasteiger partial charge < -0.3 is 14.1 Å². The molecule has 0 aromatic carbocycles. The first-order valence-electron chi connectivity index (χ1n) is 8.73. The summed E-state index contributed by atoms with van der Waals surface area (Å²) in [5, 5.41) is 0. The highest BCUT2D eigenvalue weighted by molar-refractivity contribution is 5.89. The van der Waals surface area contributed by atoms with Crippen molar-refractivity contribution in [1.29, 1.82) is 0 Å². The zero-order valence-electron chi connectivity index (χ0n) is 14.8. The maximum Gasteiger partial charge on any atom is 0.339 e. The summed E-state index contributed by atoms with van der Waals surface area (Å²) in [4.78, 5) is 25.0. The lowest BCUT2D eigenvalue weighted by atomic mass is 10.2. The van der Waals surface area contributed by atoms with Crippen molar-refractivity contribution in [3.8, 4) is 0 Å². The number of aromatic nitrogens is 2. The maximum absolute atomic E-state index is 11.7. The van der Waals surface area contributed by atoms with Crippen LogP contribution in [0.5, 0.6) is 0 Å². The van der Waals surface area contributed by atoms with Gasteiger partial charge in [-0.3, -0.25) is 4.90 Å². The minimum absolute atomic E-state index is 0.330. The van der Waals surface area contributed by atoms with E-state index in [-0.39, 0.29) is 5.97 Å². The van der Waals surface area contributed by atoms with Crippen LogP contribution in [-0.4, -0.2) is 53.6 Å². The Labute approximate surface area is 147 Å². The third-order valence-corrected chi connectivity index (χ3v) is 4.26. The molecule has 1 aliphatic heterocycles. The molecule has 0 unspecified atom stereocenters. The number of anilines is 1. The number of hydrogen-bond donors (Lipinski definition) is 0. The van der Waals surface area contributed by atoms with Crippen molar-refractivity contribution < 1.29 is 13.9 Å². The summed E-state index contributed by atoms with van der Waals surface area (Å²) in [7, 11) is 0. The van der Waals surface area contributed by atoms with Gasteiger partial charge in [0.15, 0.2) is 0 Å². The van der Waals surface area contributed by atoms with E-state index in [1.165, 1.54) is 0 Å². The molecule has 2 aromatic rings. The van der Waals surface area contributed by atoms with Crippen LogP contribution < -0.4 is 4.90 Å². The van der Waals surface area contributed by atoms with Gasteiger partial charge in [0.25, 0.3) is 0 Å². The Morgan fingerprint density at radius 1 is 1.16 bits per heavy atom. The van der Waals surface area contributed by atoms with Crippen LogP contribution in [0.4, 0.5) is 5.82 Å². The molecular weight excluding hydrogens is 320 g/mol. The van der Waals surface area contributed by atoms with Crippen molar-refractivity contribution in [2.24, 2.45) is 0 Å². The van der Waals surface area contributed by atoms with E-state index in [1.54, 1.807) is 25.4 Å². The second-order valence-electron chi connectivity index (χ2n) is 5.96. The van der Waals surface area contributed by atoms with E-state index in [1.807, 2.05) is 6.07 Å². The SMILES string of the molecule is CCOC(=O)c1ccc(N2CCN(Cc3ncc(CC)o3)CC2)nc1. The normalized spacial score (nSPS) is 15.4. The molecule has 25 heavy (non-hydrogen) atoms. The Morgan fingerprint density at radius 2 is 1.96 bits per heavy atom. The van der Waals surface area contributed by atoms with Gasteiger partial charge in [-0.15, -0.1) is 0 Å². The predicted octanol–water partition coefficient (Wildman–Crippen LogP) is 2.13. The summed E-state index contributed by atoms with van der Waals surface area (Å²) in [6.45, 7) is 8.57. The lowest BCUT2D eigenvalue weighted by Crippen LogP contribution is -2.46. The average molecular weight is 344 g/mol. The number of nitrogens with zero attached hydrogens (tertiary/aromatic N) is 4. The van der Waals surface area contributed by atoms with E-state index in [9.17, 15) is 4.79 Å². The molecule has 0 spiro atoms. The van der Waals surface area contributed by atoms with Gasteiger partial charge in [0, 0.05) is 38.8 Å². The Bertz CT molecular complexity index is 691. The van der Waals surface area contributed by atoms with Gasteiger partial charge in [-0.2, -0.15) is 0 Å². The van der Waals surface area contributed by atoms with Gasteiger partial charge in [0.05, 0.1) is 24.9 Å². The molecule has 0 bridgehead atoms. The fraction of sp³-hybridized carbons (Fsp3) is 0.500. The first kappa shape index (κ1) is 17.4. The second kappa shape index (κ2) is 8.11.